The largest absolute Gasteiger partial charge is 0.359 e. The van der Waals surface area contributed by atoms with Gasteiger partial charge in [0.15, 0.2) is 11.7 Å². The Morgan fingerprint density at radius 2 is 2.00 bits per heavy atom. The molecule has 0 bridgehead atoms. The first-order valence-electron chi connectivity index (χ1n) is 6.93. The Morgan fingerprint density at radius 3 is 2.50 bits per heavy atom. The lowest BCUT2D eigenvalue weighted by atomic mass is 10.1. The van der Waals surface area contributed by atoms with Crippen LogP contribution in [0, 0.1) is 5.92 Å². The van der Waals surface area contributed by atoms with Crippen LogP contribution in [0.25, 0.3) is 0 Å². The molecular formula is C14H27IN4O. The first kappa shape index (κ1) is 19.2. The molecule has 0 spiro atoms. The first-order chi connectivity index (χ1) is 9.02. The van der Waals surface area contributed by atoms with Crippen molar-refractivity contribution in [3.63, 3.8) is 0 Å². The Morgan fingerprint density at radius 1 is 1.30 bits per heavy atom. The highest BCUT2D eigenvalue weighted by Gasteiger charge is 2.08. The van der Waals surface area contributed by atoms with Gasteiger partial charge in [-0.05, 0) is 18.3 Å². The minimum atomic E-state index is 0. The maximum Gasteiger partial charge on any atom is 0.191 e. The van der Waals surface area contributed by atoms with Gasteiger partial charge in [-0.3, -0.25) is 4.99 Å². The van der Waals surface area contributed by atoms with Crippen LogP contribution < -0.4 is 10.6 Å². The average Bonchev–Trinajstić information content (AvgIpc) is 2.82. The average molecular weight is 394 g/mol. The quantitative estimate of drug-likeness (QED) is 0.442. The van der Waals surface area contributed by atoms with E-state index in [2.05, 4.69) is 48.5 Å². The van der Waals surface area contributed by atoms with Crippen LogP contribution in [0.2, 0.25) is 0 Å². The van der Waals surface area contributed by atoms with E-state index in [9.17, 15) is 0 Å². The number of rotatable bonds is 6. The highest BCUT2D eigenvalue weighted by Crippen LogP contribution is 2.13. The van der Waals surface area contributed by atoms with Crippen LogP contribution in [0.3, 0.4) is 0 Å². The van der Waals surface area contributed by atoms with Gasteiger partial charge in [-0.1, -0.05) is 32.9 Å². The summed E-state index contributed by atoms with van der Waals surface area (Å²) in [5.41, 5.74) is 0.986. The second-order valence-electron chi connectivity index (χ2n) is 5.41. The van der Waals surface area contributed by atoms with Gasteiger partial charge in [0.1, 0.15) is 0 Å². The first-order valence-corrected chi connectivity index (χ1v) is 6.93. The molecule has 0 unspecified atom stereocenters. The third-order valence-electron chi connectivity index (χ3n) is 2.84. The molecule has 0 aliphatic carbocycles. The van der Waals surface area contributed by atoms with E-state index >= 15 is 0 Å². The molecule has 116 valence electrons. The fourth-order valence-corrected chi connectivity index (χ4v) is 1.56. The fourth-order valence-electron chi connectivity index (χ4n) is 1.56. The van der Waals surface area contributed by atoms with Gasteiger partial charge >= 0.3 is 0 Å². The van der Waals surface area contributed by atoms with E-state index in [1.807, 2.05) is 6.07 Å². The van der Waals surface area contributed by atoms with Crippen molar-refractivity contribution in [3.8, 4) is 0 Å². The Kier molecular flexibility index (Phi) is 9.62. The number of aromatic nitrogens is 1. The molecule has 0 aliphatic heterocycles. The number of nitrogens with one attached hydrogen (secondary N) is 2. The minimum absolute atomic E-state index is 0. The summed E-state index contributed by atoms with van der Waals surface area (Å²) in [5, 5.41) is 10.5. The fraction of sp³-hybridized carbons (Fsp3) is 0.714. The van der Waals surface area contributed by atoms with Crippen molar-refractivity contribution < 1.29 is 4.52 Å². The van der Waals surface area contributed by atoms with Crippen molar-refractivity contribution >= 4 is 29.9 Å². The van der Waals surface area contributed by atoms with Gasteiger partial charge in [-0.2, -0.15) is 0 Å². The van der Waals surface area contributed by atoms with E-state index < -0.39 is 0 Å². The van der Waals surface area contributed by atoms with Crippen molar-refractivity contribution in [2.24, 2.45) is 10.9 Å². The minimum Gasteiger partial charge on any atom is -0.359 e. The lowest BCUT2D eigenvalue weighted by molar-refractivity contribution is 0.372. The van der Waals surface area contributed by atoms with Crippen molar-refractivity contribution in [1.82, 2.24) is 15.8 Å². The molecule has 6 heteroatoms. The lowest BCUT2D eigenvalue weighted by Crippen LogP contribution is -2.37. The molecule has 1 aromatic rings. The molecule has 0 aromatic carbocycles. The number of halogens is 1. The van der Waals surface area contributed by atoms with E-state index in [1.165, 1.54) is 0 Å². The second kappa shape index (κ2) is 10.0. The summed E-state index contributed by atoms with van der Waals surface area (Å²) in [6.45, 7) is 10.1. The van der Waals surface area contributed by atoms with Gasteiger partial charge in [0.2, 0.25) is 0 Å². The van der Waals surface area contributed by atoms with Gasteiger partial charge in [0.05, 0.1) is 12.2 Å². The van der Waals surface area contributed by atoms with Crippen LogP contribution in [0.5, 0.6) is 0 Å². The molecule has 0 radical (unpaired) electrons. The van der Waals surface area contributed by atoms with Crippen LogP contribution >= 0.6 is 24.0 Å². The smallest absolute Gasteiger partial charge is 0.191 e. The van der Waals surface area contributed by atoms with Crippen molar-refractivity contribution in [1.29, 1.82) is 0 Å². The van der Waals surface area contributed by atoms with E-state index in [0.717, 1.165) is 30.4 Å². The molecule has 1 rings (SSSR count). The van der Waals surface area contributed by atoms with Crippen molar-refractivity contribution in [2.45, 2.75) is 46.6 Å². The predicted octanol–water partition coefficient (Wildman–Crippen LogP) is 3.13. The van der Waals surface area contributed by atoms with Crippen LogP contribution in [-0.2, 0) is 6.54 Å². The Bertz CT molecular complexity index is 402. The van der Waals surface area contributed by atoms with Crippen LogP contribution in [0.1, 0.15) is 51.5 Å². The third-order valence-corrected chi connectivity index (χ3v) is 2.84. The molecule has 1 heterocycles. The maximum absolute atomic E-state index is 5.27. The zero-order chi connectivity index (χ0) is 14.3. The highest BCUT2D eigenvalue weighted by atomic mass is 127. The highest BCUT2D eigenvalue weighted by molar-refractivity contribution is 14.0. The summed E-state index contributed by atoms with van der Waals surface area (Å²) >= 11 is 0. The molecule has 0 saturated carbocycles. The molecule has 5 nitrogen and oxygen atoms in total. The topological polar surface area (TPSA) is 62.5 Å². The predicted molar refractivity (Wildman–Crippen MR) is 93.7 cm³/mol. The standard InChI is InChI=1S/C14H26N4O.HI/c1-10(2)6-7-16-14(15-5)17-9-12-8-13(11(3)4)18-19-12;/h8,10-11H,6-7,9H2,1-5H3,(H2,15,16,17);1H. The summed E-state index contributed by atoms with van der Waals surface area (Å²) in [7, 11) is 1.77. The summed E-state index contributed by atoms with van der Waals surface area (Å²) < 4.78 is 5.27. The molecule has 2 N–H and O–H groups in total. The van der Waals surface area contributed by atoms with Gasteiger partial charge in [0, 0.05) is 19.7 Å². The number of hydrogen-bond acceptors (Lipinski definition) is 3. The molecular weight excluding hydrogens is 367 g/mol. The molecule has 0 saturated heterocycles. The zero-order valence-corrected chi connectivity index (χ0v) is 15.4. The van der Waals surface area contributed by atoms with E-state index in [1.54, 1.807) is 7.05 Å². The number of nitrogens with zero attached hydrogens (tertiary/aromatic N) is 2. The molecule has 0 amide bonds. The van der Waals surface area contributed by atoms with E-state index in [4.69, 9.17) is 4.52 Å². The molecule has 20 heavy (non-hydrogen) atoms. The summed E-state index contributed by atoms with van der Waals surface area (Å²) in [5.74, 6) is 2.70. The second-order valence-corrected chi connectivity index (χ2v) is 5.41. The maximum atomic E-state index is 5.27. The summed E-state index contributed by atoms with van der Waals surface area (Å²) in [4.78, 5) is 4.17. The summed E-state index contributed by atoms with van der Waals surface area (Å²) in [6, 6.07) is 1.99. The van der Waals surface area contributed by atoms with E-state index in [-0.39, 0.29) is 24.0 Å². The van der Waals surface area contributed by atoms with Crippen molar-refractivity contribution in [3.05, 3.63) is 17.5 Å². The monoisotopic (exact) mass is 394 g/mol. The Hall–Kier alpha value is -0.790. The summed E-state index contributed by atoms with van der Waals surface area (Å²) in [6.07, 6.45) is 1.13. The van der Waals surface area contributed by atoms with Gasteiger partial charge < -0.3 is 15.2 Å². The number of guanidine groups is 1. The SMILES string of the molecule is CN=C(NCCC(C)C)NCc1cc(C(C)C)no1.I. The van der Waals surface area contributed by atoms with Crippen LogP contribution in [0.15, 0.2) is 15.6 Å². The van der Waals surface area contributed by atoms with Gasteiger partial charge in [-0.15, -0.1) is 24.0 Å². The third kappa shape index (κ3) is 7.12. The van der Waals surface area contributed by atoms with Gasteiger partial charge in [0.25, 0.3) is 0 Å². The van der Waals surface area contributed by atoms with Crippen LogP contribution in [0.4, 0.5) is 0 Å². The number of aliphatic imine (C=N–C) groups is 1. The zero-order valence-electron chi connectivity index (χ0n) is 13.1. The molecule has 0 fully saturated rings. The molecule has 1 aromatic heterocycles. The van der Waals surface area contributed by atoms with E-state index in [0.29, 0.717) is 18.4 Å². The molecule has 0 aliphatic rings. The Balaban J connectivity index is 0.00000361. The molecule has 0 atom stereocenters. The lowest BCUT2D eigenvalue weighted by Gasteiger charge is -2.11. The number of hydrogen-bond donors (Lipinski definition) is 2. The van der Waals surface area contributed by atoms with Crippen LogP contribution in [-0.4, -0.2) is 24.7 Å². The van der Waals surface area contributed by atoms with Gasteiger partial charge in [-0.25, -0.2) is 0 Å². The normalized spacial score (nSPS) is 11.7. The Labute approximate surface area is 139 Å². The van der Waals surface area contributed by atoms with Crippen molar-refractivity contribution in [2.75, 3.05) is 13.6 Å².